The molecule has 34 heavy (non-hydrogen) atoms. The Morgan fingerprint density at radius 3 is 2.41 bits per heavy atom. The molecule has 2 heterocycles. The molecule has 2 N–H and O–H groups in total. The van der Waals surface area contributed by atoms with Crippen LogP contribution in [0.1, 0.15) is 18.1 Å². The van der Waals surface area contributed by atoms with Crippen molar-refractivity contribution in [1.29, 1.82) is 0 Å². The molecule has 0 unspecified atom stereocenters. The van der Waals surface area contributed by atoms with Gasteiger partial charge in [0.1, 0.15) is 11.6 Å². The van der Waals surface area contributed by atoms with Gasteiger partial charge in [0.15, 0.2) is 0 Å². The molecule has 4 rings (SSSR count). The van der Waals surface area contributed by atoms with Gasteiger partial charge in [0, 0.05) is 71.2 Å². The Labute approximate surface area is 201 Å². The van der Waals surface area contributed by atoms with Gasteiger partial charge in [0.25, 0.3) is 0 Å². The van der Waals surface area contributed by atoms with Gasteiger partial charge >= 0.3 is 0 Å². The summed E-state index contributed by atoms with van der Waals surface area (Å²) in [5.41, 5.74) is 3.99. The minimum Gasteiger partial charge on any atom is -0.363 e. The lowest BCUT2D eigenvalue weighted by molar-refractivity contribution is -0.114. The molecule has 0 spiro atoms. The van der Waals surface area contributed by atoms with Crippen molar-refractivity contribution in [2.24, 2.45) is 0 Å². The molecular weight excluding hydrogens is 426 g/mol. The Bertz CT molecular complexity index is 1130. The van der Waals surface area contributed by atoms with Crippen molar-refractivity contribution >= 4 is 34.9 Å². The van der Waals surface area contributed by atoms with Gasteiger partial charge < -0.3 is 20.4 Å². The maximum absolute atomic E-state index is 11.5. The predicted molar refractivity (Wildman–Crippen MR) is 139 cm³/mol. The molecule has 0 radical (unpaired) electrons. The van der Waals surface area contributed by atoms with Crippen LogP contribution in [-0.2, 0) is 11.3 Å². The summed E-state index contributed by atoms with van der Waals surface area (Å²) in [7, 11) is 3.96. The number of carbonyl (C=O) groups excluding carboxylic acids is 1. The van der Waals surface area contributed by atoms with E-state index in [4.69, 9.17) is 9.97 Å². The second-order valence-corrected chi connectivity index (χ2v) is 8.89. The molecule has 1 aliphatic heterocycles. The molecule has 0 bridgehead atoms. The number of carbonyl (C=O) groups is 1. The van der Waals surface area contributed by atoms with E-state index in [2.05, 4.69) is 50.8 Å². The lowest BCUT2D eigenvalue weighted by Crippen LogP contribution is -2.46. The summed E-state index contributed by atoms with van der Waals surface area (Å²) in [6, 6.07) is 18.4. The minimum absolute atomic E-state index is 0.0918. The number of benzene rings is 2. The molecule has 1 saturated heterocycles. The third-order valence-electron chi connectivity index (χ3n) is 5.88. The Hall–Kier alpha value is -3.65. The monoisotopic (exact) mass is 459 g/mol. The number of nitrogens with zero attached hydrogens (tertiary/aromatic N) is 5. The highest BCUT2D eigenvalue weighted by Gasteiger charge is 2.20. The number of rotatable bonds is 7. The smallest absolute Gasteiger partial charge is 0.229 e. The van der Waals surface area contributed by atoms with Crippen LogP contribution in [-0.4, -0.2) is 61.0 Å². The Morgan fingerprint density at radius 1 is 1.00 bits per heavy atom. The van der Waals surface area contributed by atoms with Crippen LogP contribution in [0, 0.1) is 6.92 Å². The molecule has 0 aliphatic carbocycles. The first-order valence-corrected chi connectivity index (χ1v) is 11.6. The molecule has 178 valence electrons. The van der Waals surface area contributed by atoms with Gasteiger partial charge in [-0.25, -0.2) is 0 Å². The number of amides is 1. The van der Waals surface area contributed by atoms with E-state index in [-0.39, 0.29) is 5.91 Å². The van der Waals surface area contributed by atoms with Crippen LogP contribution in [0.3, 0.4) is 0 Å². The van der Waals surface area contributed by atoms with E-state index in [0.717, 1.165) is 67.2 Å². The fourth-order valence-corrected chi connectivity index (χ4v) is 3.98. The van der Waals surface area contributed by atoms with Crippen molar-refractivity contribution in [3.8, 4) is 0 Å². The quantitative estimate of drug-likeness (QED) is 0.555. The molecule has 8 nitrogen and oxygen atoms in total. The van der Waals surface area contributed by atoms with Crippen LogP contribution in [0.15, 0.2) is 54.6 Å². The first kappa shape index (κ1) is 23.5. The zero-order valence-corrected chi connectivity index (χ0v) is 20.4. The number of hydrogen-bond acceptors (Lipinski definition) is 7. The third-order valence-corrected chi connectivity index (χ3v) is 5.88. The molecule has 0 saturated carbocycles. The van der Waals surface area contributed by atoms with Gasteiger partial charge in [-0.3, -0.25) is 9.69 Å². The summed E-state index contributed by atoms with van der Waals surface area (Å²) in [6.45, 7) is 8.12. The van der Waals surface area contributed by atoms with Crippen LogP contribution in [0.4, 0.5) is 29.0 Å². The van der Waals surface area contributed by atoms with Gasteiger partial charge in [0.05, 0.1) is 0 Å². The molecule has 1 aliphatic rings. The largest absolute Gasteiger partial charge is 0.363 e. The minimum atomic E-state index is -0.0918. The molecule has 8 heteroatoms. The van der Waals surface area contributed by atoms with Crippen LogP contribution >= 0.6 is 0 Å². The van der Waals surface area contributed by atoms with Gasteiger partial charge in [-0.05, 0) is 30.2 Å². The average Bonchev–Trinajstić information content (AvgIpc) is 2.82. The van der Waals surface area contributed by atoms with Gasteiger partial charge in [0.2, 0.25) is 11.9 Å². The van der Waals surface area contributed by atoms with Crippen LogP contribution in [0.25, 0.3) is 0 Å². The molecular formula is C26H33N7O. The van der Waals surface area contributed by atoms with Crippen molar-refractivity contribution < 1.29 is 4.79 Å². The number of aromatic nitrogens is 2. The maximum Gasteiger partial charge on any atom is 0.229 e. The van der Waals surface area contributed by atoms with Crippen molar-refractivity contribution in [2.45, 2.75) is 20.4 Å². The van der Waals surface area contributed by atoms with Crippen LogP contribution in [0.5, 0.6) is 0 Å². The fraction of sp³-hybridized carbons (Fsp3) is 0.346. The lowest BCUT2D eigenvalue weighted by atomic mass is 10.1. The zero-order chi connectivity index (χ0) is 24.1. The van der Waals surface area contributed by atoms with Crippen LogP contribution in [0.2, 0.25) is 0 Å². The standard InChI is InChI=1S/C26H33N7O/c1-19-10-11-22(16-23(19)27-20(2)34)28-24-17-25(31(3)4)30-26(29-24)33-14-12-32(13-15-33)18-21-8-6-5-7-9-21/h5-11,16-17H,12-15,18H2,1-4H3,(H,27,34)(H,28,29,30). The predicted octanol–water partition coefficient (Wildman–Crippen LogP) is 3.88. The van der Waals surface area contributed by atoms with E-state index < -0.39 is 0 Å². The highest BCUT2D eigenvalue weighted by Crippen LogP contribution is 2.26. The summed E-state index contributed by atoms with van der Waals surface area (Å²) in [4.78, 5) is 27.9. The third kappa shape index (κ3) is 6.02. The number of anilines is 5. The second-order valence-electron chi connectivity index (χ2n) is 8.89. The van der Waals surface area contributed by atoms with Crippen molar-refractivity contribution in [3.05, 3.63) is 65.7 Å². The molecule has 1 fully saturated rings. The fourth-order valence-electron chi connectivity index (χ4n) is 3.98. The van der Waals surface area contributed by atoms with Crippen molar-refractivity contribution in [3.63, 3.8) is 0 Å². The van der Waals surface area contributed by atoms with Crippen LogP contribution < -0.4 is 20.4 Å². The maximum atomic E-state index is 11.5. The van der Waals surface area contributed by atoms with Crippen molar-refractivity contribution in [2.75, 3.05) is 60.7 Å². The number of aryl methyl sites for hydroxylation is 1. The summed E-state index contributed by atoms with van der Waals surface area (Å²) >= 11 is 0. The van der Waals surface area contributed by atoms with Crippen molar-refractivity contribution in [1.82, 2.24) is 14.9 Å². The Morgan fingerprint density at radius 2 is 1.74 bits per heavy atom. The second kappa shape index (κ2) is 10.5. The molecule has 3 aromatic rings. The highest BCUT2D eigenvalue weighted by molar-refractivity contribution is 5.90. The summed E-state index contributed by atoms with van der Waals surface area (Å²) in [5, 5.41) is 6.28. The molecule has 2 aromatic carbocycles. The van der Waals surface area contributed by atoms with Gasteiger partial charge in [-0.15, -0.1) is 0 Å². The van der Waals surface area contributed by atoms with E-state index in [1.165, 1.54) is 12.5 Å². The van der Waals surface area contributed by atoms with E-state index in [0.29, 0.717) is 0 Å². The molecule has 0 atom stereocenters. The first-order valence-electron chi connectivity index (χ1n) is 11.6. The Kier molecular flexibility index (Phi) is 7.27. The van der Waals surface area contributed by atoms with E-state index in [9.17, 15) is 4.79 Å². The summed E-state index contributed by atoms with van der Waals surface area (Å²) in [5.74, 6) is 2.19. The summed E-state index contributed by atoms with van der Waals surface area (Å²) < 4.78 is 0. The lowest BCUT2D eigenvalue weighted by Gasteiger charge is -2.35. The zero-order valence-electron chi connectivity index (χ0n) is 20.4. The number of piperazine rings is 1. The number of nitrogens with one attached hydrogen (secondary N) is 2. The SMILES string of the molecule is CC(=O)Nc1cc(Nc2cc(N(C)C)nc(N3CCN(Cc4ccccc4)CC3)n2)ccc1C. The van der Waals surface area contributed by atoms with E-state index in [1.807, 2.05) is 50.2 Å². The highest BCUT2D eigenvalue weighted by atomic mass is 16.1. The number of hydrogen-bond donors (Lipinski definition) is 2. The normalized spacial score (nSPS) is 14.1. The topological polar surface area (TPSA) is 76.6 Å². The first-order chi connectivity index (χ1) is 16.4. The van der Waals surface area contributed by atoms with E-state index in [1.54, 1.807) is 0 Å². The Balaban J connectivity index is 1.49. The average molecular weight is 460 g/mol. The molecule has 1 amide bonds. The van der Waals surface area contributed by atoms with E-state index >= 15 is 0 Å². The van der Waals surface area contributed by atoms with Gasteiger partial charge in [-0.2, -0.15) is 9.97 Å². The molecule has 1 aromatic heterocycles. The summed E-state index contributed by atoms with van der Waals surface area (Å²) in [6.07, 6.45) is 0. The van der Waals surface area contributed by atoms with Gasteiger partial charge in [-0.1, -0.05) is 36.4 Å².